The number of amides is 1. The van der Waals surface area contributed by atoms with Gasteiger partial charge in [0, 0.05) is 18.7 Å². The van der Waals surface area contributed by atoms with E-state index in [9.17, 15) is 13.2 Å². The summed E-state index contributed by atoms with van der Waals surface area (Å²) >= 11 is 1.35. The van der Waals surface area contributed by atoms with E-state index in [-0.39, 0.29) is 10.8 Å². The summed E-state index contributed by atoms with van der Waals surface area (Å²) in [6.07, 6.45) is 1.03. The summed E-state index contributed by atoms with van der Waals surface area (Å²) in [7, 11) is -2.00. The number of anilines is 1. The van der Waals surface area contributed by atoms with Gasteiger partial charge in [-0.15, -0.1) is 0 Å². The van der Waals surface area contributed by atoms with Crippen LogP contribution in [-0.4, -0.2) is 43.8 Å². The molecule has 1 N–H and O–H groups in total. The minimum atomic E-state index is -3.58. The number of fused-ring (bicyclic) bond motifs is 1. The average Bonchev–Trinajstić information content (AvgIpc) is 3.15. The monoisotopic (exact) mass is 459 g/mol. The number of hydrogen-bond acceptors (Lipinski definition) is 6. The Morgan fingerprint density at radius 2 is 1.81 bits per heavy atom. The Hall–Kier alpha value is -2.49. The highest BCUT2D eigenvalue weighted by molar-refractivity contribution is 7.89. The van der Waals surface area contributed by atoms with Crippen LogP contribution in [0, 0.1) is 11.8 Å². The van der Waals surface area contributed by atoms with Gasteiger partial charge in [-0.05, 0) is 54.7 Å². The Balaban J connectivity index is 1.51. The van der Waals surface area contributed by atoms with Crippen LogP contribution >= 0.6 is 11.3 Å². The van der Waals surface area contributed by atoms with E-state index in [1.54, 1.807) is 11.4 Å². The number of aromatic nitrogens is 1. The number of para-hydroxylation sites is 1. The zero-order chi connectivity index (χ0) is 22.2. The second kappa shape index (κ2) is 8.57. The first-order valence-electron chi connectivity index (χ1n) is 10.1. The van der Waals surface area contributed by atoms with Crippen LogP contribution in [0.4, 0.5) is 5.13 Å². The molecule has 2 aromatic carbocycles. The lowest BCUT2D eigenvalue weighted by Gasteiger charge is -2.34. The molecule has 4 rings (SSSR count). The van der Waals surface area contributed by atoms with Crippen LogP contribution in [-0.2, 0) is 10.0 Å². The van der Waals surface area contributed by atoms with Gasteiger partial charge >= 0.3 is 0 Å². The van der Waals surface area contributed by atoms with Crippen LogP contribution in [0.15, 0.2) is 47.4 Å². The molecule has 0 radical (unpaired) electrons. The molecule has 3 aromatic rings. The number of rotatable bonds is 5. The van der Waals surface area contributed by atoms with Gasteiger partial charge < -0.3 is 4.74 Å². The second-order valence-corrected chi connectivity index (χ2v) is 11.0. The molecule has 1 aromatic heterocycles. The Kier molecular flexibility index (Phi) is 6.00. The minimum Gasteiger partial charge on any atom is -0.494 e. The first kappa shape index (κ1) is 21.7. The zero-order valence-corrected chi connectivity index (χ0v) is 19.3. The molecule has 1 saturated heterocycles. The topological polar surface area (TPSA) is 88.6 Å². The van der Waals surface area contributed by atoms with Gasteiger partial charge in [0.15, 0.2) is 5.13 Å². The summed E-state index contributed by atoms with van der Waals surface area (Å²) in [4.78, 5) is 17.3. The fraction of sp³-hybridized carbons (Fsp3) is 0.364. The molecule has 0 aliphatic carbocycles. The third-order valence-electron chi connectivity index (χ3n) is 5.41. The van der Waals surface area contributed by atoms with Gasteiger partial charge in [-0.2, -0.15) is 4.31 Å². The lowest BCUT2D eigenvalue weighted by atomic mass is 9.94. The smallest absolute Gasteiger partial charge is 0.257 e. The summed E-state index contributed by atoms with van der Waals surface area (Å²) in [6.45, 7) is 5.19. The SMILES string of the molecule is COc1cccc2sc(NC(=O)c3ccc(S(=O)(=O)N4C[C@H](C)C[C@H](C)C4)cc3)nc12. The van der Waals surface area contributed by atoms with Crippen molar-refractivity contribution in [2.45, 2.75) is 25.2 Å². The minimum absolute atomic E-state index is 0.204. The highest BCUT2D eigenvalue weighted by Gasteiger charge is 2.31. The van der Waals surface area contributed by atoms with Crippen LogP contribution in [0.5, 0.6) is 5.75 Å². The number of hydrogen-bond donors (Lipinski definition) is 1. The number of piperidine rings is 1. The second-order valence-electron chi connectivity index (χ2n) is 8.07. The van der Waals surface area contributed by atoms with E-state index in [1.165, 1.54) is 35.6 Å². The van der Waals surface area contributed by atoms with E-state index in [4.69, 9.17) is 4.74 Å². The van der Waals surface area contributed by atoms with Gasteiger partial charge in [0.05, 0.1) is 16.7 Å². The van der Waals surface area contributed by atoms with Crippen LogP contribution in [0.3, 0.4) is 0 Å². The van der Waals surface area contributed by atoms with Crippen molar-refractivity contribution in [3.8, 4) is 5.75 Å². The normalized spacial score (nSPS) is 20.0. The Bertz CT molecular complexity index is 1200. The Labute approximate surface area is 186 Å². The van der Waals surface area contributed by atoms with E-state index in [0.717, 1.165) is 11.1 Å². The van der Waals surface area contributed by atoms with E-state index in [1.807, 2.05) is 18.2 Å². The van der Waals surface area contributed by atoms with Crippen molar-refractivity contribution in [2.75, 3.05) is 25.5 Å². The van der Waals surface area contributed by atoms with Crippen molar-refractivity contribution in [3.05, 3.63) is 48.0 Å². The molecule has 2 heterocycles. The van der Waals surface area contributed by atoms with Crippen molar-refractivity contribution >= 4 is 42.6 Å². The van der Waals surface area contributed by atoms with E-state index >= 15 is 0 Å². The third-order valence-corrected chi connectivity index (χ3v) is 8.19. The molecule has 0 bridgehead atoms. The number of sulfonamides is 1. The predicted molar refractivity (Wildman–Crippen MR) is 122 cm³/mol. The lowest BCUT2D eigenvalue weighted by Crippen LogP contribution is -2.42. The van der Waals surface area contributed by atoms with Crippen LogP contribution in [0.1, 0.15) is 30.6 Å². The molecule has 1 fully saturated rings. The van der Waals surface area contributed by atoms with E-state index in [0.29, 0.717) is 46.9 Å². The summed E-state index contributed by atoms with van der Waals surface area (Å²) in [5.41, 5.74) is 1.06. The fourth-order valence-electron chi connectivity index (χ4n) is 4.04. The summed E-state index contributed by atoms with van der Waals surface area (Å²) in [6, 6.07) is 11.7. The molecule has 0 spiro atoms. The maximum atomic E-state index is 13.0. The summed E-state index contributed by atoms with van der Waals surface area (Å²) in [5, 5.41) is 3.24. The number of thiazole rings is 1. The van der Waals surface area contributed by atoms with Gasteiger partial charge in [0.2, 0.25) is 10.0 Å². The van der Waals surface area contributed by atoms with Crippen molar-refractivity contribution in [2.24, 2.45) is 11.8 Å². The third kappa shape index (κ3) is 4.44. The molecule has 164 valence electrons. The number of benzene rings is 2. The molecule has 2 atom stereocenters. The molecular weight excluding hydrogens is 434 g/mol. The highest BCUT2D eigenvalue weighted by atomic mass is 32.2. The van der Waals surface area contributed by atoms with Crippen molar-refractivity contribution in [1.82, 2.24) is 9.29 Å². The van der Waals surface area contributed by atoms with Crippen molar-refractivity contribution in [1.29, 1.82) is 0 Å². The highest BCUT2D eigenvalue weighted by Crippen LogP contribution is 2.32. The zero-order valence-electron chi connectivity index (χ0n) is 17.7. The molecule has 1 aliphatic heterocycles. The molecule has 7 nitrogen and oxygen atoms in total. The first-order valence-corrected chi connectivity index (χ1v) is 12.4. The van der Waals surface area contributed by atoms with E-state index < -0.39 is 10.0 Å². The lowest BCUT2D eigenvalue weighted by molar-refractivity contribution is 0.102. The largest absolute Gasteiger partial charge is 0.494 e. The maximum Gasteiger partial charge on any atom is 0.257 e. The predicted octanol–water partition coefficient (Wildman–Crippen LogP) is 4.22. The number of carbonyl (C=O) groups excluding carboxylic acids is 1. The molecular formula is C22H25N3O4S2. The Morgan fingerprint density at radius 3 is 2.45 bits per heavy atom. The first-order chi connectivity index (χ1) is 14.8. The molecule has 31 heavy (non-hydrogen) atoms. The Morgan fingerprint density at radius 1 is 1.13 bits per heavy atom. The number of methoxy groups -OCH3 is 1. The van der Waals surface area contributed by atoms with E-state index in [2.05, 4.69) is 24.1 Å². The number of nitrogens with zero attached hydrogens (tertiary/aromatic N) is 2. The molecule has 0 saturated carbocycles. The van der Waals surface area contributed by atoms with Gasteiger partial charge in [-0.1, -0.05) is 31.3 Å². The molecule has 1 amide bonds. The van der Waals surface area contributed by atoms with Gasteiger partial charge in [0.1, 0.15) is 11.3 Å². The number of ether oxygens (including phenoxy) is 1. The van der Waals surface area contributed by atoms with Gasteiger partial charge in [-0.3, -0.25) is 10.1 Å². The molecule has 0 unspecified atom stereocenters. The summed E-state index contributed by atoms with van der Waals surface area (Å²) < 4.78 is 33.8. The van der Waals surface area contributed by atoms with Gasteiger partial charge in [-0.25, -0.2) is 13.4 Å². The summed E-state index contributed by atoms with van der Waals surface area (Å²) in [5.74, 6) is 0.958. The molecule has 1 aliphatic rings. The van der Waals surface area contributed by atoms with Crippen LogP contribution in [0.2, 0.25) is 0 Å². The number of carbonyl (C=O) groups is 1. The fourth-order valence-corrected chi connectivity index (χ4v) is 6.60. The van der Waals surface area contributed by atoms with Crippen molar-refractivity contribution in [3.63, 3.8) is 0 Å². The van der Waals surface area contributed by atoms with Crippen molar-refractivity contribution < 1.29 is 17.9 Å². The number of nitrogens with one attached hydrogen (secondary N) is 1. The quantitative estimate of drug-likeness (QED) is 0.617. The maximum absolute atomic E-state index is 13.0. The van der Waals surface area contributed by atoms with Crippen LogP contribution < -0.4 is 10.1 Å². The van der Waals surface area contributed by atoms with Gasteiger partial charge in [0.25, 0.3) is 5.91 Å². The standard InChI is InChI=1S/C22H25N3O4S2/c1-14-11-15(2)13-25(12-14)31(27,28)17-9-7-16(8-10-17)21(26)24-22-23-20-18(29-3)5-4-6-19(20)30-22/h4-10,14-15H,11-13H2,1-3H3,(H,23,24,26)/t14-,15+. The molecule has 9 heteroatoms. The van der Waals surface area contributed by atoms with Crippen LogP contribution in [0.25, 0.3) is 10.2 Å². The average molecular weight is 460 g/mol.